The maximum absolute atomic E-state index is 13.6. The van der Waals surface area contributed by atoms with E-state index < -0.39 is 11.6 Å². The van der Waals surface area contributed by atoms with Crippen molar-refractivity contribution >= 4 is 17.0 Å². The number of aryl methyl sites for hydroxylation is 1. The highest BCUT2D eigenvalue weighted by Gasteiger charge is 2.05. The van der Waals surface area contributed by atoms with Crippen LogP contribution in [0.1, 0.15) is 12.0 Å². The topological polar surface area (TPSA) is 54.2 Å². The lowest BCUT2D eigenvalue weighted by atomic mass is 10.2. The molecule has 0 aliphatic rings. The second-order valence-electron chi connectivity index (χ2n) is 5.87. The van der Waals surface area contributed by atoms with E-state index in [1.807, 2.05) is 30.6 Å². The van der Waals surface area contributed by atoms with Crippen molar-refractivity contribution in [2.45, 2.75) is 19.5 Å². The van der Waals surface area contributed by atoms with E-state index in [1.165, 1.54) is 6.07 Å². The maximum atomic E-state index is 13.6. The maximum Gasteiger partial charge on any atom is 0.191 e. The molecule has 26 heavy (non-hydrogen) atoms. The summed E-state index contributed by atoms with van der Waals surface area (Å²) >= 11 is 0. The molecule has 0 saturated heterocycles. The number of guanidine groups is 1. The van der Waals surface area contributed by atoms with Crippen molar-refractivity contribution < 1.29 is 8.78 Å². The molecule has 136 valence electrons. The molecule has 1 heterocycles. The van der Waals surface area contributed by atoms with Crippen LogP contribution in [0.3, 0.4) is 0 Å². The predicted octanol–water partition coefficient (Wildman–Crippen LogP) is 3.07. The van der Waals surface area contributed by atoms with Crippen LogP contribution < -0.4 is 10.6 Å². The summed E-state index contributed by atoms with van der Waals surface area (Å²) < 4.78 is 28.9. The lowest BCUT2D eigenvalue weighted by molar-refractivity contribution is 0.580. The average Bonchev–Trinajstić information content (AvgIpc) is 3.07. The second kappa shape index (κ2) is 8.42. The standard InChI is InChI=1S/C19H21F2N5/c1-22-19(24-12-14-11-15(20)7-8-16(14)21)23-9-4-10-26-13-25-17-5-2-3-6-18(17)26/h2-3,5-8,11,13H,4,9-10,12H2,1H3,(H2,22,23,24). The number of nitrogens with zero attached hydrogens (tertiary/aromatic N) is 3. The molecule has 5 nitrogen and oxygen atoms in total. The molecular formula is C19H21F2N5. The average molecular weight is 357 g/mol. The molecular weight excluding hydrogens is 336 g/mol. The van der Waals surface area contributed by atoms with Crippen molar-refractivity contribution in [3.63, 3.8) is 0 Å². The molecule has 0 unspecified atom stereocenters. The smallest absolute Gasteiger partial charge is 0.191 e. The third-order valence-corrected chi connectivity index (χ3v) is 4.07. The lowest BCUT2D eigenvalue weighted by Gasteiger charge is -2.12. The van der Waals surface area contributed by atoms with Crippen LogP contribution in [0.2, 0.25) is 0 Å². The van der Waals surface area contributed by atoms with Crippen molar-refractivity contribution in [2.75, 3.05) is 13.6 Å². The van der Waals surface area contributed by atoms with Crippen LogP contribution >= 0.6 is 0 Å². The molecule has 3 rings (SSSR count). The summed E-state index contributed by atoms with van der Waals surface area (Å²) in [5.74, 6) is -0.357. The first kappa shape index (κ1) is 17.8. The van der Waals surface area contributed by atoms with Crippen LogP contribution in [0.4, 0.5) is 8.78 Å². The van der Waals surface area contributed by atoms with E-state index >= 15 is 0 Å². The molecule has 7 heteroatoms. The highest BCUT2D eigenvalue weighted by Crippen LogP contribution is 2.12. The summed E-state index contributed by atoms with van der Waals surface area (Å²) in [7, 11) is 1.64. The van der Waals surface area contributed by atoms with Crippen LogP contribution in [0.25, 0.3) is 11.0 Å². The number of fused-ring (bicyclic) bond motifs is 1. The molecule has 2 aromatic carbocycles. The molecule has 2 N–H and O–H groups in total. The monoisotopic (exact) mass is 357 g/mol. The zero-order valence-corrected chi connectivity index (χ0v) is 14.5. The Morgan fingerprint density at radius 2 is 2.00 bits per heavy atom. The minimum Gasteiger partial charge on any atom is -0.356 e. The number of imidazole rings is 1. The number of halogens is 2. The molecule has 0 radical (unpaired) electrons. The Hall–Kier alpha value is -2.96. The van der Waals surface area contributed by atoms with E-state index in [2.05, 4.69) is 25.2 Å². The Bertz CT molecular complexity index is 904. The summed E-state index contributed by atoms with van der Waals surface area (Å²) in [4.78, 5) is 8.47. The number of hydrogen-bond acceptors (Lipinski definition) is 2. The largest absolute Gasteiger partial charge is 0.356 e. The molecule has 0 saturated carbocycles. The van der Waals surface area contributed by atoms with Gasteiger partial charge in [0.05, 0.1) is 17.4 Å². The molecule has 1 aromatic heterocycles. The third-order valence-electron chi connectivity index (χ3n) is 4.07. The van der Waals surface area contributed by atoms with Crippen molar-refractivity contribution in [2.24, 2.45) is 4.99 Å². The van der Waals surface area contributed by atoms with Crippen LogP contribution in [-0.4, -0.2) is 29.1 Å². The van der Waals surface area contributed by atoms with Crippen molar-refractivity contribution in [1.82, 2.24) is 20.2 Å². The summed E-state index contributed by atoms with van der Waals surface area (Å²) in [5.41, 5.74) is 2.35. The first-order valence-corrected chi connectivity index (χ1v) is 8.45. The number of aliphatic imine (C=N–C) groups is 1. The van der Waals surface area contributed by atoms with Gasteiger partial charge >= 0.3 is 0 Å². The second-order valence-corrected chi connectivity index (χ2v) is 5.87. The van der Waals surface area contributed by atoms with Gasteiger partial charge in [-0.2, -0.15) is 0 Å². The van der Waals surface area contributed by atoms with Crippen LogP contribution in [0.5, 0.6) is 0 Å². The highest BCUT2D eigenvalue weighted by atomic mass is 19.1. The van der Waals surface area contributed by atoms with Gasteiger partial charge in [-0.15, -0.1) is 0 Å². The third kappa shape index (κ3) is 4.36. The van der Waals surface area contributed by atoms with E-state index in [0.717, 1.165) is 36.1 Å². The summed E-state index contributed by atoms with van der Waals surface area (Å²) in [6, 6.07) is 11.4. The zero-order chi connectivity index (χ0) is 18.4. The molecule has 3 aromatic rings. The highest BCUT2D eigenvalue weighted by molar-refractivity contribution is 5.79. The van der Waals surface area contributed by atoms with Gasteiger partial charge in [0.2, 0.25) is 0 Å². The summed E-state index contributed by atoms with van der Waals surface area (Å²) in [6.07, 6.45) is 2.71. The Kier molecular flexibility index (Phi) is 5.78. The normalized spacial score (nSPS) is 11.7. The quantitative estimate of drug-likeness (QED) is 0.405. The fourth-order valence-electron chi connectivity index (χ4n) is 2.72. The molecule has 0 atom stereocenters. The fraction of sp³-hybridized carbons (Fsp3) is 0.263. The molecule has 0 aliphatic carbocycles. The lowest BCUT2D eigenvalue weighted by Crippen LogP contribution is -2.37. The Morgan fingerprint density at radius 1 is 1.15 bits per heavy atom. The van der Waals surface area contributed by atoms with Crippen molar-refractivity contribution in [1.29, 1.82) is 0 Å². The van der Waals surface area contributed by atoms with Gasteiger partial charge in [-0.25, -0.2) is 13.8 Å². The number of para-hydroxylation sites is 2. The SMILES string of the molecule is CN=C(NCCCn1cnc2ccccc21)NCc1cc(F)ccc1F. The van der Waals surface area contributed by atoms with Gasteiger partial charge in [-0.3, -0.25) is 4.99 Å². The summed E-state index contributed by atoms with van der Waals surface area (Å²) in [6.45, 7) is 1.68. The van der Waals surface area contributed by atoms with Gasteiger partial charge in [-0.05, 0) is 36.8 Å². The first-order valence-electron chi connectivity index (χ1n) is 8.45. The van der Waals surface area contributed by atoms with E-state index in [0.29, 0.717) is 12.5 Å². The molecule has 0 aliphatic heterocycles. The van der Waals surface area contributed by atoms with Gasteiger partial charge in [0.1, 0.15) is 11.6 Å². The van der Waals surface area contributed by atoms with E-state index in [-0.39, 0.29) is 12.1 Å². The molecule has 0 amide bonds. The minimum atomic E-state index is -0.460. The number of nitrogens with one attached hydrogen (secondary N) is 2. The van der Waals surface area contributed by atoms with Gasteiger partial charge in [-0.1, -0.05) is 12.1 Å². The van der Waals surface area contributed by atoms with Crippen LogP contribution in [0.15, 0.2) is 53.8 Å². The van der Waals surface area contributed by atoms with E-state index in [9.17, 15) is 8.78 Å². The van der Waals surface area contributed by atoms with Gasteiger partial charge < -0.3 is 15.2 Å². The predicted molar refractivity (Wildman–Crippen MR) is 98.9 cm³/mol. The van der Waals surface area contributed by atoms with Crippen molar-refractivity contribution in [3.05, 3.63) is 66.0 Å². The van der Waals surface area contributed by atoms with Crippen LogP contribution in [-0.2, 0) is 13.1 Å². The molecule has 0 bridgehead atoms. The molecule has 0 fully saturated rings. The zero-order valence-electron chi connectivity index (χ0n) is 14.5. The summed E-state index contributed by atoms with van der Waals surface area (Å²) in [5, 5.41) is 6.16. The Morgan fingerprint density at radius 3 is 2.85 bits per heavy atom. The van der Waals surface area contributed by atoms with E-state index in [1.54, 1.807) is 7.05 Å². The number of hydrogen-bond donors (Lipinski definition) is 2. The van der Waals surface area contributed by atoms with Crippen molar-refractivity contribution in [3.8, 4) is 0 Å². The van der Waals surface area contributed by atoms with Gasteiger partial charge in [0.25, 0.3) is 0 Å². The van der Waals surface area contributed by atoms with E-state index in [4.69, 9.17) is 0 Å². The number of benzene rings is 2. The van der Waals surface area contributed by atoms with Crippen LogP contribution in [0, 0.1) is 11.6 Å². The van der Waals surface area contributed by atoms with Gasteiger partial charge in [0, 0.05) is 32.2 Å². The minimum absolute atomic E-state index is 0.162. The molecule has 0 spiro atoms. The Balaban J connectivity index is 1.46. The number of rotatable bonds is 6. The Labute approximate surface area is 150 Å². The first-order chi connectivity index (χ1) is 12.7. The fourth-order valence-corrected chi connectivity index (χ4v) is 2.72. The van der Waals surface area contributed by atoms with Gasteiger partial charge in [0.15, 0.2) is 5.96 Å². The number of aromatic nitrogens is 2.